The SMILES string of the molecule is COc1cc(-c2cnc3cc(OCC=O)ccn23)cc(OC(F)F)c1C(=O)NC1CC1. The minimum absolute atomic E-state index is 0.0330. The second-order valence-electron chi connectivity index (χ2n) is 6.89. The number of rotatable bonds is 9. The van der Waals surface area contributed by atoms with E-state index in [-0.39, 0.29) is 29.7 Å². The molecule has 0 atom stereocenters. The number of nitrogens with one attached hydrogen (secondary N) is 1. The minimum atomic E-state index is -3.12. The number of hydrogen-bond donors (Lipinski definition) is 1. The zero-order chi connectivity index (χ0) is 22.0. The minimum Gasteiger partial charge on any atom is -0.496 e. The molecule has 1 amide bonds. The first-order valence-electron chi connectivity index (χ1n) is 9.51. The van der Waals surface area contributed by atoms with Gasteiger partial charge < -0.3 is 19.5 Å². The summed E-state index contributed by atoms with van der Waals surface area (Å²) in [6.07, 6.45) is 5.54. The van der Waals surface area contributed by atoms with E-state index in [2.05, 4.69) is 15.0 Å². The fourth-order valence-corrected chi connectivity index (χ4v) is 3.19. The van der Waals surface area contributed by atoms with Crippen molar-refractivity contribution in [3.8, 4) is 28.5 Å². The third-order valence-corrected chi connectivity index (χ3v) is 4.74. The molecule has 4 rings (SSSR count). The van der Waals surface area contributed by atoms with E-state index in [9.17, 15) is 18.4 Å². The van der Waals surface area contributed by atoms with Gasteiger partial charge in [-0.05, 0) is 31.0 Å². The van der Waals surface area contributed by atoms with Crippen LogP contribution in [0.5, 0.6) is 17.2 Å². The first-order valence-corrected chi connectivity index (χ1v) is 9.51. The van der Waals surface area contributed by atoms with Crippen LogP contribution >= 0.6 is 0 Å². The summed E-state index contributed by atoms with van der Waals surface area (Å²) in [6.45, 7) is -3.20. The molecule has 31 heavy (non-hydrogen) atoms. The van der Waals surface area contributed by atoms with Gasteiger partial charge in [0.1, 0.15) is 35.1 Å². The molecule has 1 fully saturated rings. The number of ether oxygens (including phenoxy) is 3. The molecule has 1 aliphatic rings. The monoisotopic (exact) mass is 431 g/mol. The molecule has 0 spiro atoms. The number of halogens is 2. The van der Waals surface area contributed by atoms with Crippen molar-refractivity contribution in [1.29, 1.82) is 0 Å². The van der Waals surface area contributed by atoms with Crippen molar-refractivity contribution in [2.75, 3.05) is 13.7 Å². The van der Waals surface area contributed by atoms with E-state index < -0.39 is 12.5 Å². The van der Waals surface area contributed by atoms with Gasteiger partial charge in [0.2, 0.25) is 0 Å². The van der Waals surface area contributed by atoms with Crippen molar-refractivity contribution in [1.82, 2.24) is 14.7 Å². The molecule has 3 aromatic rings. The highest BCUT2D eigenvalue weighted by Gasteiger charge is 2.29. The van der Waals surface area contributed by atoms with Crippen molar-refractivity contribution >= 4 is 17.8 Å². The van der Waals surface area contributed by atoms with Crippen LogP contribution in [0.15, 0.2) is 36.7 Å². The lowest BCUT2D eigenvalue weighted by Crippen LogP contribution is -2.26. The van der Waals surface area contributed by atoms with Gasteiger partial charge in [0.25, 0.3) is 5.91 Å². The van der Waals surface area contributed by atoms with Crippen molar-refractivity contribution < 1.29 is 32.6 Å². The average molecular weight is 431 g/mol. The molecule has 0 unspecified atom stereocenters. The standard InChI is InChI=1S/C21H19F2N3O5/c1-29-16-8-12(9-17(31-21(22)23)19(16)20(28)25-13-2-3-13)15-11-24-18-10-14(30-7-6-27)4-5-26(15)18/h4-6,8-11,13,21H,2-3,7H2,1H3,(H,25,28). The Morgan fingerprint density at radius 2 is 2.10 bits per heavy atom. The maximum atomic E-state index is 13.1. The number of amides is 1. The van der Waals surface area contributed by atoms with Crippen LogP contribution in [0.1, 0.15) is 23.2 Å². The number of carbonyl (C=O) groups is 2. The fourth-order valence-electron chi connectivity index (χ4n) is 3.19. The number of carbonyl (C=O) groups excluding carboxylic acids is 2. The molecule has 0 saturated heterocycles. The second-order valence-corrected chi connectivity index (χ2v) is 6.89. The van der Waals surface area contributed by atoms with Gasteiger partial charge in [-0.2, -0.15) is 8.78 Å². The van der Waals surface area contributed by atoms with Crippen LogP contribution in [0.2, 0.25) is 0 Å². The Morgan fingerprint density at radius 1 is 1.32 bits per heavy atom. The van der Waals surface area contributed by atoms with Crippen LogP contribution in [0, 0.1) is 0 Å². The van der Waals surface area contributed by atoms with Gasteiger partial charge >= 0.3 is 6.61 Å². The largest absolute Gasteiger partial charge is 0.496 e. The number of alkyl halides is 2. The molecule has 0 radical (unpaired) electrons. The number of aldehydes is 1. The van der Waals surface area contributed by atoms with Crippen molar-refractivity contribution in [2.45, 2.75) is 25.5 Å². The summed E-state index contributed by atoms with van der Waals surface area (Å²) in [5.74, 6) is -0.254. The van der Waals surface area contributed by atoms with Crippen LogP contribution in [0.4, 0.5) is 8.78 Å². The molecule has 162 valence electrons. The maximum Gasteiger partial charge on any atom is 0.387 e. The molecule has 1 aliphatic carbocycles. The highest BCUT2D eigenvalue weighted by molar-refractivity contribution is 6.01. The Labute approximate surface area is 175 Å². The number of aromatic nitrogens is 2. The summed E-state index contributed by atoms with van der Waals surface area (Å²) in [6, 6.07) is 6.24. The average Bonchev–Trinajstić information content (AvgIpc) is 3.46. The van der Waals surface area contributed by atoms with Gasteiger partial charge in [0, 0.05) is 23.9 Å². The van der Waals surface area contributed by atoms with Crippen molar-refractivity contribution in [3.05, 3.63) is 42.2 Å². The second kappa shape index (κ2) is 8.58. The third kappa shape index (κ3) is 4.42. The highest BCUT2D eigenvalue weighted by atomic mass is 19.3. The topological polar surface area (TPSA) is 91.2 Å². The van der Waals surface area contributed by atoms with E-state index >= 15 is 0 Å². The van der Waals surface area contributed by atoms with Crippen molar-refractivity contribution in [3.63, 3.8) is 0 Å². The van der Waals surface area contributed by atoms with E-state index in [1.165, 1.54) is 13.2 Å². The van der Waals surface area contributed by atoms with E-state index in [4.69, 9.17) is 9.47 Å². The molecule has 1 aromatic carbocycles. The van der Waals surface area contributed by atoms with Gasteiger partial charge in [-0.25, -0.2) is 4.98 Å². The zero-order valence-corrected chi connectivity index (χ0v) is 16.5. The molecule has 0 aliphatic heterocycles. The normalized spacial score (nSPS) is 13.3. The van der Waals surface area contributed by atoms with E-state index in [1.54, 1.807) is 35.0 Å². The summed E-state index contributed by atoms with van der Waals surface area (Å²) >= 11 is 0. The fraction of sp³-hybridized carbons (Fsp3) is 0.286. The lowest BCUT2D eigenvalue weighted by Gasteiger charge is -2.16. The third-order valence-electron chi connectivity index (χ3n) is 4.74. The lowest BCUT2D eigenvalue weighted by molar-refractivity contribution is -0.109. The first kappa shape index (κ1) is 20.6. The lowest BCUT2D eigenvalue weighted by atomic mass is 10.1. The molecule has 2 aromatic heterocycles. The number of imidazole rings is 1. The van der Waals surface area contributed by atoms with E-state index in [1.807, 2.05) is 0 Å². The number of benzene rings is 1. The molecule has 1 N–H and O–H groups in total. The quantitative estimate of drug-likeness (QED) is 0.524. The molecular formula is C21H19F2N3O5. The first-order chi connectivity index (χ1) is 15.0. The van der Waals surface area contributed by atoms with Crippen LogP contribution in [-0.4, -0.2) is 47.9 Å². The molecular weight excluding hydrogens is 412 g/mol. The Bertz CT molecular complexity index is 1130. The summed E-state index contributed by atoms with van der Waals surface area (Å²) in [5.41, 5.74) is 1.45. The van der Waals surface area contributed by atoms with Gasteiger partial charge in [-0.1, -0.05) is 0 Å². The maximum absolute atomic E-state index is 13.1. The van der Waals surface area contributed by atoms with Gasteiger partial charge in [0.05, 0.1) is 19.0 Å². The molecule has 8 nitrogen and oxygen atoms in total. The van der Waals surface area contributed by atoms with Crippen molar-refractivity contribution in [2.24, 2.45) is 0 Å². The number of hydrogen-bond acceptors (Lipinski definition) is 6. The molecule has 10 heteroatoms. The molecule has 2 heterocycles. The highest BCUT2D eigenvalue weighted by Crippen LogP contribution is 2.37. The van der Waals surface area contributed by atoms with E-state index in [0.29, 0.717) is 28.9 Å². The van der Waals surface area contributed by atoms with Gasteiger partial charge in [-0.15, -0.1) is 0 Å². The van der Waals surface area contributed by atoms with Crippen LogP contribution in [0.25, 0.3) is 16.9 Å². The molecule has 1 saturated carbocycles. The predicted molar refractivity (Wildman–Crippen MR) is 106 cm³/mol. The van der Waals surface area contributed by atoms with Crippen LogP contribution in [-0.2, 0) is 4.79 Å². The van der Waals surface area contributed by atoms with Crippen LogP contribution in [0.3, 0.4) is 0 Å². The number of methoxy groups -OCH3 is 1. The van der Waals surface area contributed by atoms with Gasteiger partial charge in [0.15, 0.2) is 6.29 Å². The predicted octanol–water partition coefficient (Wildman–Crippen LogP) is 3.08. The Hall–Kier alpha value is -3.69. The van der Waals surface area contributed by atoms with Crippen LogP contribution < -0.4 is 19.5 Å². The summed E-state index contributed by atoms with van der Waals surface area (Å²) in [5, 5.41) is 2.77. The Kier molecular flexibility index (Phi) is 5.70. The number of fused-ring (bicyclic) bond motifs is 1. The Morgan fingerprint density at radius 3 is 2.77 bits per heavy atom. The summed E-state index contributed by atoms with van der Waals surface area (Å²) < 4.78 is 43.2. The zero-order valence-electron chi connectivity index (χ0n) is 16.5. The summed E-state index contributed by atoms with van der Waals surface area (Å²) in [4.78, 5) is 27.4. The number of pyridine rings is 1. The smallest absolute Gasteiger partial charge is 0.387 e. The Balaban J connectivity index is 1.77. The van der Waals surface area contributed by atoms with E-state index in [0.717, 1.165) is 12.8 Å². The number of nitrogens with zero attached hydrogens (tertiary/aromatic N) is 2. The molecule has 0 bridgehead atoms. The van der Waals surface area contributed by atoms with Gasteiger partial charge in [-0.3, -0.25) is 14.0 Å². The summed E-state index contributed by atoms with van der Waals surface area (Å²) in [7, 11) is 1.35.